The number of nitrogens with zero attached hydrogens (tertiary/aromatic N) is 4. The standard InChI is InChI=1S/C18H21N5O2S/c1-25-14-5-6-15-16(10-14)26-18(20-15)21-17(24)12-22-8-2-4-13(22)11-23-9-3-7-19-23/h3,5-7,9-10,13H,2,4,8,11-12H2,1H3,(H,20,21,24)/t13-/m1/s1. The molecule has 0 radical (unpaired) electrons. The normalized spacial score (nSPS) is 17.7. The van der Waals surface area contributed by atoms with Gasteiger partial charge in [-0.3, -0.25) is 14.4 Å². The van der Waals surface area contributed by atoms with Crippen LogP contribution in [-0.2, 0) is 11.3 Å². The second-order valence-electron chi connectivity index (χ2n) is 6.40. The number of amides is 1. The van der Waals surface area contributed by atoms with Gasteiger partial charge in [-0.25, -0.2) is 4.98 Å². The van der Waals surface area contributed by atoms with Crippen LogP contribution in [0.1, 0.15) is 12.8 Å². The van der Waals surface area contributed by atoms with E-state index < -0.39 is 0 Å². The number of thiazole rings is 1. The van der Waals surface area contributed by atoms with Crippen LogP contribution in [0.4, 0.5) is 5.13 Å². The number of hydrogen-bond acceptors (Lipinski definition) is 6. The summed E-state index contributed by atoms with van der Waals surface area (Å²) in [6.45, 7) is 2.14. The smallest absolute Gasteiger partial charge is 0.240 e. The fraction of sp³-hybridized carbons (Fsp3) is 0.389. The minimum atomic E-state index is -0.0246. The van der Waals surface area contributed by atoms with Crippen molar-refractivity contribution in [1.82, 2.24) is 19.7 Å². The summed E-state index contributed by atoms with van der Waals surface area (Å²) in [7, 11) is 1.64. The molecule has 1 amide bonds. The zero-order valence-corrected chi connectivity index (χ0v) is 15.4. The largest absolute Gasteiger partial charge is 0.497 e. The van der Waals surface area contributed by atoms with Crippen LogP contribution in [0, 0.1) is 0 Å². The van der Waals surface area contributed by atoms with Gasteiger partial charge in [0.2, 0.25) is 5.91 Å². The number of benzene rings is 1. The Hall–Kier alpha value is -2.45. The zero-order chi connectivity index (χ0) is 17.9. The molecule has 2 aromatic heterocycles. The monoisotopic (exact) mass is 371 g/mol. The fourth-order valence-corrected chi connectivity index (χ4v) is 4.27. The molecule has 1 atom stereocenters. The maximum absolute atomic E-state index is 12.5. The minimum absolute atomic E-state index is 0.0246. The molecule has 0 saturated carbocycles. The second-order valence-corrected chi connectivity index (χ2v) is 7.43. The lowest BCUT2D eigenvalue weighted by atomic mass is 10.2. The van der Waals surface area contributed by atoms with Crippen LogP contribution in [0.3, 0.4) is 0 Å². The Balaban J connectivity index is 1.38. The van der Waals surface area contributed by atoms with E-state index in [0.717, 1.165) is 41.9 Å². The fourth-order valence-electron chi connectivity index (χ4n) is 3.36. The van der Waals surface area contributed by atoms with Crippen molar-refractivity contribution in [3.63, 3.8) is 0 Å². The minimum Gasteiger partial charge on any atom is -0.497 e. The van der Waals surface area contributed by atoms with Gasteiger partial charge in [-0.15, -0.1) is 0 Å². The van der Waals surface area contributed by atoms with Gasteiger partial charge < -0.3 is 10.1 Å². The molecule has 8 heteroatoms. The van der Waals surface area contributed by atoms with E-state index >= 15 is 0 Å². The van der Waals surface area contributed by atoms with Gasteiger partial charge in [-0.2, -0.15) is 5.10 Å². The van der Waals surface area contributed by atoms with E-state index in [-0.39, 0.29) is 5.91 Å². The topological polar surface area (TPSA) is 72.3 Å². The zero-order valence-electron chi connectivity index (χ0n) is 14.6. The molecule has 4 rings (SSSR count). The number of carbonyl (C=O) groups excluding carboxylic acids is 1. The van der Waals surface area contributed by atoms with Crippen molar-refractivity contribution in [3.05, 3.63) is 36.7 Å². The summed E-state index contributed by atoms with van der Waals surface area (Å²) in [6.07, 6.45) is 5.95. The van der Waals surface area contributed by atoms with E-state index in [2.05, 4.69) is 20.3 Å². The Labute approximate surface area is 155 Å². The Morgan fingerprint density at radius 1 is 1.46 bits per heavy atom. The van der Waals surface area contributed by atoms with E-state index in [4.69, 9.17) is 4.74 Å². The molecular formula is C18H21N5O2S. The molecule has 1 N–H and O–H groups in total. The summed E-state index contributed by atoms with van der Waals surface area (Å²) in [4.78, 5) is 19.2. The summed E-state index contributed by atoms with van der Waals surface area (Å²) in [5.41, 5.74) is 0.865. The van der Waals surface area contributed by atoms with Crippen LogP contribution in [0.2, 0.25) is 0 Å². The average molecular weight is 371 g/mol. The number of likely N-dealkylation sites (tertiary alicyclic amines) is 1. The highest BCUT2D eigenvalue weighted by Crippen LogP contribution is 2.29. The molecule has 3 aromatic rings. The molecule has 1 aromatic carbocycles. The van der Waals surface area contributed by atoms with Gasteiger partial charge in [0, 0.05) is 18.4 Å². The van der Waals surface area contributed by atoms with E-state index in [1.807, 2.05) is 35.1 Å². The maximum Gasteiger partial charge on any atom is 0.240 e. The highest BCUT2D eigenvalue weighted by atomic mass is 32.1. The van der Waals surface area contributed by atoms with Crippen molar-refractivity contribution in [2.75, 3.05) is 25.5 Å². The third-order valence-electron chi connectivity index (χ3n) is 4.64. The van der Waals surface area contributed by atoms with Crippen LogP contribution in [-0.4, -0.2) is 51.8 Å². The number of aromatic nitrogens is 3. The number of rotatable bonds is 6. The van der Waals surface area contributed by atoms with Gasteiger partial charge in [0.15, 0.2) is 5.13 Å². The molecule has 1 saturated heterocycles. The number of hydrogen-bond donors (Lipinski definition) is 1. The summed E-state index contributed by atoms with van der Waals surface area (Å²) < 4.78 is 8.16. The molecule has 0 unspecified atom stereocenters. The molecule has 3 heterocycles. The summed E-state index contributed by atoms with van der Waals surface area (Å²) in [5, 5.41) is 7.84. The molecule has 1 aliphatic heterocycles. The van der Waals surface area contributed by atoms with E-state index in [1.165, 1.54) is 11.3 Å². The number of carbonyl (C=O) groups is 1. The highest BCUT2D eigenvalue weighted by Gasteiger charge is 2.26. The molecule has 26 heavy (non-hydrogen) atoms. The third kappa shape index (κ3) is 3.71. The van der Waals surface area contributed by atoms with Gasteiger partial charge in [0.25, 0.3) is 0 Å². The summed E-state index contributed by atoms with van der Waals surface area (Å²) in [5.74, 6) is 0.765. The SMILES string of the molecule is COc1ccc2nc(NC(=O)CN3CCC[C@@H]3Cn3cccn3)sc2c1. The first kappa shape index (κ1) is 17.0. The Morgan fingerprint density at radius 2 is 2.38 bits per heavy atom. The summed E-state index contributed by atoms with van der Waals surface area (Å²) >= 11 is 1.46. The maximum atomic E-state index is 12.5. The van der Waals surface area contributed by atoms with Crippen molar-refractivity contribution in [2.45, 2.75) is 25.4 Å². The molecule has 136 valence electrons. The van der Waals surface area contributed by atoms with Gasteiger partial charge in [0.1, 0.15) is 5.75 Å². The Kier molecular flexibility index (Phi) is 4.85. The number of methoxy groups -OCH3 is 1. The van der Waals surface area contributed by atoms with E-state index in [0.29, 0.717) is 17.7 Å². The van der Waals surface area contributed by atoms with Crippen LogP contribution in [0.5, 0.6) is 5.75 Å². The predicted molar refractivity (Wildman–Crippen MR) is 102 cm³/mol. The molecule has 7 nitrogen and oxygen atoms in total. The lowest BCUT2D eigenvalue weighted by molar-refractivity contribution is -0.117. The molecule has 0 aliphatic carbocycles. The molecule has 0 spiro atoms. The number of ether oxygens (including phenoxy) is 1. The van der Waals surface area contributed by atoms with Crippen LogP contribution in [0.25, 0.3) is 10.2 Å². The van der Waals surface area contributed by atoms with Crippen molar-refractivity contribution < 1.29 is 9.53 Å². The van der Waals surface area contributed by atoms with Crippen molar-refractivity contribution in [1.29, 1.82) is 0 Å². The molecule has 1 fully saturated rings. The van der Waals surface area contributed by atoms with Crippen LogP contribution < -0.4 is 10.1 Å². The quantitative estimate of drug-likeness (QED) is 0.721. The van der Waals surface area contributed by atoms with E-state index in [9.17, 15) is 4.79 Å². The Bertz CT molecular complexity index is 892. The second kappa shape index (κ2) is 7.43. The number of anilines is 1. The van der Waals surface area contributed by atoms with Crippen molar-refractivity contribution in [3.8, 4) is 5.75 Å². The van der Waals surface area contributed by atoms with Gasteiger partial charge in [-0.1, -0.05) is 11.3 Å². The lowest BCUT2D eigenvalue weighted by Gasteiger charge is -2.23. The van der Waals surface area contributed by atoms with Crippen molar-refractivity contribution in [2.24, 2.45) is 0 Å². The van der Waals surface area contributed by atoms with E-state index in [1.54, 1.807) is 13.3 Å². The molecule has 0 bridgehead atoms. The number of nitrogens with one attached hydrogen (secondary N) is 1. The first-order valence-corrected chi connectivity index (χ1v) is 9.49. The Morgan fingerprint density at radius 3 is 3.19 bits per heavy atom. The van der Waals surface area contributed by atoms with Crippen molar-refractivity contribution >= 4 is 32.6 Å². The molecule has 1 aliphatic rings. The number of fused-ring (bicyclic) bond motifs is 1. The predicted octanol–water partition coefficient (Wildman–Crippen LogP) is 2.60. The third-order valence-corrected chi connectivity index (χ3v) is 5.58. The summed E-state index contributed by atoms with van der Waals surface area (Å²) in [6, 6.07) is 7.98. The van der Waals surface area contributed by atoms with Gasteiger partial charge in [0.05, 0.1) is 30.4 Å². The highest BCUT2D eigenvalue weighted by molar-refractivity contribution is 7.22. The average Bonchev–Trinajstić information content (AvgIpc) is 3.36. The first-order valence-electron chi connectivity index (χ1n) is 8.67. The van der Waals surface area contributed by atoms with Gasteiger partial charge in [-0.05, 0) is 43.7 Å². The van der Waals surface area contributed by atoms with Crippen LogP contribution >= 0.6 is 11.3 Å². The lowest BCUT2D eigenvalue weighted by Crippen LogP contribution is -2.39. The molecular weight excluding hydrogens is 350 g/mol. The first-order chi connectivity index (χ1) is 12.7. The van der Waals surface area contributed by atoms with Gasteiger partial charge >= 0.3 is 0 Å². The van der Waals surface area contributed by atoms with Crippen LogP contribution in [0.15, 0.2) is 36.7 Å².